The van der Waals surface area contributed by atoms with Crippen LogP contribution in [0.4, 0.5) is 0 Å². The molecule has 0 saturated heterocycles. The van der Waals surface area contributed by atoms with E-state index in [2.05, 4.69) is 20.2 Å². The second kappa shape index (κ2) is 5.99. The predicted molar refractivity (Wildman–Crippen MR) is 83.7 cm³/mol. The van der Waals surface area contributed by atoms with Crippen LogP contribution in [0.15, 0.2) is 36.8 Å². The number of hydrogen-bond donors (Lipinski definition) is 1. The van der Waals surface area contributed by atoms with Crippen molar-refractivity contribution in [2.24, 2.45) is 5.73 Å². The highest BCUT2D eigenvalue weighted by molar-refractivity contribution is 5.75. The molecule has 3 aromatic rings. The number of rotatable bonds is 5. The number of nitrogens with two attached hydrogens (primary N) is 1. The zero-order chi connectivity index (χ0) is 16.4. The van der Waals surface area contributed by atoms with Crippen LogP contribution in [0.25, 0.3) is 17.2 Å². The Morgan fingerprint density at radius 3 is 2.78 bits per heavy atom. The minimum Gasteiger partial charge on any atom is -0.369 e. The van der Waals surface area contributed by atoms with Crippen molar-refractivity contribution in [3.8, 4) is 17.2 Å². The summed E-state index contributed by atoms with van der Waals surface area (Å²) in [4.78, 5) is 19.8. The molecule has 0 unspecified atom stereocenters. The minimum atomic E-state index is -0.475. The summed E-state index contributed by atoms with van der Waals surface area (Å²) < 4.78 is 3.51. The fourth-order valence-corrected chi connectivity index (χ4v) is 2.31. The number of carbonyl (C=O) groups excluding carboxylic acids is 1. The summed E-state index contributed by atoms with van der Waals surface area (Å²) in [5.41, 5.74) is 6.83. The lowest BCUT2D eigenvalue weighted by Crippen LogP contribution is -2.14. The molecule has 2 N–H and O–H groups in total. The summed E-state index contributed by atoms with van der Waals surface area (Å²) in [5.74, 6) is 0.491. The van der Waals surface area contributed by atoms with E-state index in [4.69, 9.17) is 5.73 Å². The molecule has 23 heavy (non-hydrogen) atoms. The summed E-state index contributed by atoms with van der Waals surface area (Å²) in [6.45, 7) is 4.07. The van der Waals surface area contributed by atoms with Gasteiger partial charge in [-0.15, -0.1) is 0 Å². The molecule has 0 radical (unpaired) electrons. The van der Waals surface area contributed by atoms with Crippen molar-refractivity contribution in [3.63, 3.8) is 0 Å². The summed E-state index contributed by atoms with van der Waals surface area (Å²) in [5, 5.41) is 8.73. The van der Waals surface area contributed by atoms with E-state index >= 15 is 0 Å². The summed E-state index contributed by atoms with van der Waals surface area (Å²) in [6, 6.07) is 5.72. The average Bonchev–Trinajstić information content (AvgIpc) is 3.13. The van der Waals surface area contributed by atoms with Gasteiger partial charge in [-0.2, -0.15) is 10.2 Å². The van der Waals surface area contributed by atoms with E-state index in [-0.39, 0.29) is 12.5 Å². The standard InChI is InChI=1S/C15H17N7O/c1-10(2)21-12(5-7-18-21)15-19-14(8-13(16)23)20-22(15)11-4-3-6-17-9-11/h3-7,9-10H,8H2,1-2H3,(H2,16,23). The van der Waals surface area contributed by atoms with E-state index in [1.165, 1.54) is 0 Å². The predicted octanol–water partition coefficient (Wildman–Crippen LogP) is 1.13. The van der Waals surface area contributed by atoms with E-state index in [1.807, 2.05) is 36.7 Å². The van der Waals surface area contributed by atoms with Crippen LogP contribution < -0.4 is 5.73 Å². The molecular weight excluding hydrogens is 294 g/mol. The van der Waals surface area contributed by atoms with Gasteiger partial charge in [0, 0.05) is 18.4 Å². The van der Waals surface area contributed by atoms with Crippen molar-refractivity contribution in [1.29, 1.82) is 0 Å². The first kappa shape index (κ1) is 14.9. The molecule has 0 saturated carbocycles. The molecule has 0 aliphatic rings. The van der Waals surface area contributed by atoms with Gasteiger partial charge < -0.3 is 5.73 Å². The van der Waals surface area contributed by atoms with Crippen LogP contribution in [0.3, 0.4) is 0 Å². The van der Waals surface area contributed by atoms with E-state index in [9.17, 15) is 4.79 Å². The highest BCUT2D eigenvalue weighted by Crippen LogP contribution is 2.23. The van der Waals surface area contributed by atoms with Gasteiger partial charge in [0.25, 0.3) is 0 Å². The Labute approximate surface area is 133 Å². The number of hydrogen-bond acceptors (Lipinski definition) is 5. The Bertz CT molecular complexity index is 819. The molecule has 0 spiro atoms. The number of pyridine rings is 1. The molecule has 118 valence electrons. The van der Waals surface area contributed by atoms with Crippen molar-refractivity contribution in [2.75, 3.05) is 0 Å². The third-order valence-electron chi connectivity index (χ3n) is 3.26. The zero-order valence-corrected chi connectivity index (χ0v) is 12.9. The Balaban J connectivity index is 2.16. The van der Waals surface area contributed by atoms with Gasteiger partial charge in [0.1, 0.15) is 5.69 Å². The molecule has 0 aliphatic heterocycles. The molecule has 8 nitrogen and oxygen atoms in total. The van der Waals surface area contributed by atoms with Crippen molar-refractivity contribution < 1.29 is 4.79 Å². The molecule has 0 aromatic carbocycles. The molecule has 1 amide bonds. The average molecular weight is 311 g/mol. The van der Waals surface area contributed by atoms with E-state index in [1.54, 1.807) is 23.3 Å². The van der Waals surface area contributed by atoms with Gasteiger partial charge in [0.2, 0.25) is 5.91 Å². The number of primary amides is 1. The SMILES string of the molecule is CC(C)n1nccc1-c1nc(CC(N)=O)nn1-c1cccnc1. The molecule has 0 fully saturated rings. The first-order chi connectivity index (χ1) is 11.1. The fourth-order valence-electron chi connectivity index (χ4n) is 2.31. The monoisotopic (exact) mass is 311 g/mol. The summed E-state index contributed by atoms with van der Waals surface area (Å²) in [7, 11) is 0. The van der Waals surface area contributed by atoms with Crippen LogP contribution in [-0.4, -0.2) is 35.4 Å². The topological polar surface area (TPSA) is 105 Å². The van der Waals surface area contributed by atoms with E-state index < -0.39 is 5.91 Å². The normalized spacial score (nSPS) is 11.1. The Morgan fingerprint density at radius 1 is 1.30 bits per heavy atom. The maximum Gasteiger partial charge on any atom is 0.225 e. The first-order valence-electron chi connectivity index (χ1n) is 7.25. The second-order valence-corrected chi connectivity index (χ2v) is 5.37. The van der Waals surface area contributed by atoms with Crippen LogP contribution in [0.1, 0.15) is 25.7 Å². The van der Waals surface area contributed by atoms with Gasteiger partial charge in [0.15, 0.2) is 11.6 Å². The molecule has 0 aliphatic carbocycles. The minimum absolute atomic E-state index is 0.0178. The lowest BCUT2D eigenvalue weighted by atomic mass is 10.3. The molecule has 8 heteroatoms. The van der Waals surface area contributed by atoms with Crippen molar-refractivity contribution in [1.82, 2.24) is 29.5 Å². The lowest BCUT2D eigenvalue weighted by Gasteiger charge is -2.11. The van der Waals surface area contributed by atoms with Crippen LogP contribution >= 0.6 is 0 Å². The Kier molecular flexibility index (Phi) is 3.88. The molecule has 0 atom stereocenters. The maximum absolute atomic E-state index is 11.2. The number of amides is 1. The zero-order valence-electron chi connectivity index (χ0n) is 12.9. The van der Waals surface area contributed by atoms with E-state index in [0.717, 1.165) is 11.4 Å². The third-order valence-corrected chi connectivity index (χ3v) is 3.26. The van der Waals surface area contributed by atoms with Gasteiger partial charge >= 0.3 is 0 Å². The largest absolute Gasteiger partial charge is 0.369 e. The molecule has 3 rings (SSSR count). The Morgan fingerprint density at radius 2 is 2.13 bits per heavy atom. The van der Waals surface area contributed by atoms with Crippen molar-refractivity contribution >= 4 is 5.91 Å². The summed E-state index contributed by atoms with van der Waals surface area (Å²) >= 11 is 0. The van der Waals surface area contributed by atoms with Crippen molar-refractivity contribution in [3.05, 3.63) is 42.6 Å². The highest BCUT2D eigenvalue weighted by atomic mass is 16.1. The second-order valence-electron chi connectivity index (χ2n) is 5.37. The summed E-state index contributed by atoms with van der Waals surface area (Å²) in [6.07, 6.45) is 5.06. The molecule has 3 heterocycles. The molecule has 0 bridgehead atoms. The van der Waals surface area contributed by atoms with Gasteiger partial charge in [0.05, 0.1) is 18.3 Å². The van der Waals surface area contributed by atoms with Crippen LogP contribution in [0, 0.1) is 0 Å². The third kappa shape index (κ3) is 2.96. The molecular formula is C15H17N7O. The number of aromatic nitrogens is 6. The fraction of sp³-hybridized carbons (Fsp3) is 0.267. The lowest BCUT2D eigenvalue weighted by molar-refractivity contribution is -0.117. The number of carbonyl (C=O) groups is 1. The highest BCUT2D eigenvalue weighted by Gasteiger charge is 2.19. The smallest absolute Gasteiger partial charge is 0.225 e. The van der Waals surface area contributed by atoms with Gasteiger partial charge in [-0.1, -0.05) is 0 Å². The quantitative estimate of drug-likeness (QED) is 0.760. The number of nitrogens with zero attached hydrogens (tertiary/aromatic N) is 6. The molecule has 3 aromatic heterocycles. The van der Waals surface area contributed by atoms with Gasteiger partial charge in [-0.25, -0.2) is 9.67 Å². The van der Waals surface area contributed by atoms with E-state index in [0.29, 0.717) is 11.6 Å². The van der Waals surface area contributed by atoms with Crippen LogP contribution in [0.5, 0.6) is 0 Å². The first-order valence-corrected chi connectivity index (χ1v) is 7.25. The Hall–Kier alpha value is -3.03. The van der Waals surface area contributed by atoms with Crippen molar-refractivity contribution in [2.45, 2.75) is 26.3 Å². The van der Waals surface area contributed by atoms with Gasteiger partial charge in [-0.3, -0.25) is 14.5 Å². The van der Waals surface area contributed by atoms with Crippen LogP contribution in [-0.2, 0) is 11.2 Å². The van der Waals surface area contributed by atoms with Gasteiger partial charge in [-0.05, 0) is 32.0 Å². The maximum atomic E-state index is 11.2. The van der Waals surface area contributed by atoms with Crippen LogP contribution in [0.2, 0.25) is 0 Å².